The van der Waals surface area contributed by atoms with Gasteiger partial charge in [0.15, 0.2) is 8.32 Å². The van der Waals surface area contributed by atoms with E-state index in [0.717, 1.165) is 11.3 Å². The minimum Gasteiger partial charge on any atom is -0.506 e. The molecule has 2 heterocycles. The van der Waals surface area contributed by atoms with Crippen LogP contribution in [0.4, 0.5) is 4.79 Å². The predicted octanol–water partition coefficient (Wildman–Crippen LogP) is 6.49. The lowest BCUT2D eigenvalue weighted by Crippen LogP contribution is -2.45. The topological polar surface area (TPSA) is 129 Å². The van der Waals surface area contributed by atoms with Crippen LogP contribution in [-0.4, -0.2) is 52.6 Å². The fourth-order valence-corrected chi connectivity index (χ4v) is 5.90. The number of phenols is 1. The number of carboxylic acid groups (broad SMARTS) is 1. The maximum absolute atomic E-state index is 13.5. The average molecular weight is 575 g/mol. The summed E-state index contributed by atoms with van der Waals surface area (Å²) in [6.45, 7) is 16.1. The number of hydrogen-bond donors (Lipinski definition) is 3. The van der Waals surface area contributed by atoms with Crippen molar-refractivity contribution in [3.8, 4) is 5.75 Å². The molecule has 11 heteroatoms. The van der Waals surface area contributed by atoms with Crippen molar-refractivity contribution in [3.05, 3.63) is 62.1 Å². The van der Waals surface area contributed by atoms with Gasteiger partial charge in [-0.1, -0.05) is 26.8 Å². The van der Waals surface area contributed by atoms with Crippen LogP contribution in [0.3, 0.4) is 0 Å². The summed E-state index contributed by atoms with van der Waals surface area (Å²) in [6, 6.07) is 9.49. The highest BCUT2D eigenvalue weighted by atomic mass is 32.1. The quantitative estimate of drug-likeness (QED) is 0.262. The maximum Gasteiger partial charge on any atom is 0.410 e. The Labute approximate surface area is 233 Å². The Morgan fingerprint density at radius 1 is 1.05 bits per heavy atom. The molecule has 0 radical (unpaired) electrons. The molecule has 0 aliphatic heterocycles. The summed E-state index contributed by atoms with van der Waals surface area (Å²) in [5, 5.41) is 20.3. The van der Waals surface area contributed by atoms with Crippen LogP contribution in [0, 0.1) is 0 Å². The van der Waals surface area contributed by atoms with Crippen LogP contribution in [0.2, 0.25) is 18.1 Å². The lowest BCUT2D eigenvalue weighted by molar-refractivity contribution is 0.0139. The van der Waals surface area contributed by atoms with E-state index in [0.29, 0.717) is 15.8 Å². The number of pyridine rings is 1. The molecule has 0 spiro atoms. The molecular weight excluding hydrogens is 536 g/mol. The van der Waals surface area contributed by atoms with Gasteiger partial charge in [0.1, 0.15) is 16.2 Å². The molecule has 0 fully saturated rings. The Bertz CT molecular complexity index is 1420. The number of aromatic amines is 1. The molecule has 1 atom stereocenters. The van der Waals surface area contributed by atoms with Gasteiger partial charge in [-0.05, 0) is 68.7 Å². The first-order valence-corrected chi connectivity index (χ1v) is 16.4. The van der Waals surface area contributed by atoms with Crippen molar-refractivity contribution in [2.24, 2.45) is 0 Å². The maximum atomic E-state index is 13.5. The van der Waals surface area contributed by atoms with E-state index in [1.807, 2.05) is 0 Å². The van der Waals surface area contributed by atoms with Crippen molar-refractivity contribution in [2.75, 3.05) is 6.54 Å². The first-order chi connectivity index (χ1) is 17.9. The smallest absolute Gasteiger partial charge is 0.410 e. The normalized spacial score (nSPS) is 13.3. The number of ether oxygens (including phenoxy) is 1. The number of carboxylic acids is 1. The van der Waals surface area contributed by atoms with Gasteiger partial charge in [-0.15, -0.1) is 11.3 Å². The van der Waals surface area contributed by atoms with Gasteiger partial charge in [0.25, 0.3) is 0 Å². The molecule has 212 valence electrons. The Morgan fingerprint density at radius 3 is 2.28 bits per heavy atom. The molecule has 0 saturated carbocycles. The van der Waals surface area contributed by atoms with Crippen molar-refractivity contribution in [3.63, 3.8) is 0 Å². The van der Waals surface area contributed by atoms with Gasteiger partial charge in [-0.25, -0.2) is 9.59 Å². The molecule has 9 nitrogen and oxygen atoms in total. The second-order valence-electron chi connectivity index (χ2n) is 12.1. The molecular formula is C28H38N2O7SSi. The summed E-state index contributed by atoms with van der Waals surface area (Å²) in [6.07, 6.45) is -1.19. The number of rotatable bonds is 8. The second-order valence-corrected chi connectivity index (χ2v) is 18.0. The fourth-order valence-electron chi connectivity index (χ4n) is 3.77. The summed E-state index contributed by atoms with van der Waals surface area (Å²) in [4.78, 5) is 42.0. The van der Waals surface area contributed by atoms with Crippen LogP contribution >= 0.6 is 11.3 Å². The summed E-state index contributed by atoms with van der Waals surface area (Å²) in [7, 11) is -2.40. The fraction of sp³-hybridized carbons (Fsp3) is 0.464. The van der Waals surface area contributed by atoms with Crippen LogP contribution in [0.15, 0.2) is 41.2 Å². The van der Waals surface area contributed by atoms with Gasteiger partial charge in [0.05, 0.1) is 24.7 Å². The Balaban J connectivity index is 2.13. The molecule has 2 aromatic heterocycles. The summed E-state index contributed by atoms with van der Waals surface area (Å²) in [5.74, 6) is -1.10. The average Bonchev–Trinajstić information content (AvgIpc) is 3.26. The number of aromatic carboxylic acids is 1. The van der Waals surface area contributed by atoms with Crippen LogP contribution in [0.1, 0.15) is 67.8 Å². The van der Waals surface area contributed by atoms with Crippen molar-refractivity contribution in [1.29, 1.82) is 0 Å². The van der Waals surface area contributed by atoms with E-state index in [1.54, 1.807) is 39.0 Å². The number of nitrogens with one attached hydrogen (secondary N) is 1. The molecule has 0 bridgehead atoms. The number of hydrogen-bond acceptors (Lipinski definition) is 7. The van der Waals surface area contributed by atoms with Crippen LogP contribution in [0.25, 0.3) is 10.9 Å². The zero-order valence-electron chi connectivity index (χ0n) is 23.7. The third-order valence-corrected chi connectivity index (χ3v) is 12.3. The Kier molecular flexibility index (Phi) is 8.69. The number of aromatic nitrogens is 1. The first kappa shape index (κ1) is 30.4. The zero-order chi connectivity index (χ0) is 29.3. The molecule has 0 aliphatic carbocycles. The van der Waals surface area contributed by atoms with Gasteiger partial charge in [0, 0.05) is 16.3 Å². The highest BCUT2D eigenvalue weighted by Crippen LogP contribution is 2.41. The number of H-pyrrole nitrogens is 1. The van der Waals surface area contributed by atoms with E-state index < -0.39 is 32.1 Å². The van der Waals surface area contributed by atoms with Gasteiger partial charge in [-0.3, -0.25) is 4.79 Å². The lowest BCUT2D eigenvalue weighted by atomic mass is 10.0. The minimum absolute atomic E-state index is 0.0682. The molecule has 1 amide bonds. The molecule has 39 heavy (non-hydrogen) atoms. The SMILES string of the molecule is CC(C)(C)OC(=O)N(Cc1ccc(C(=O)O)s1)C[C@H](O[Si](C)(C)C(C)(C)C)c1ccc(O)c2[nH]c(=O)ccc12. The van der Waals surface area contributed by atoms with Gasteiger partial charge in [-0.2, -0.15) is 0 Å². The second kappa shape index (κ2) is 11.1. The van der Waals surface area contributed by atoms with Gasteiger partial charge >= 0.3 is 12.1 Å². The third kappa shape index (κ3) is 7.49. The Morgan fingerprint density at radius 2 is 1.72 bits per heavy atom. The van der Waals surface area contributed by atoms with Crippen molar-refractivity contribution < 1.29 is 29.0 Å². The van der Waals surface area contributed by atoms with E-state index in [4.69, 9.17) is 9.16 Å². The molecule has 0 aliphatic rings. The predicted molar refractivity (Wildman–Crippen MR) is 155 cm³/mol. The van der Waals surface area contributed by atoms with Crippen molar-refractivity contribution >= 4 is 42.6 Å². The van der Waals surface area contributed by atoms with Crippen LogP contribution in [0.5, 0.6) is 5.75 Å². The molecule has 0 unspecified atom stereocenters. The van der Waals surface area contributed by atoms with Crippen molar-refractivity contribution in [1.82, 2.24) is 9.88 Å². The molecule has 3 aromatic rings. The van der Waals surface area contributed by atoms with Crippen molar-refractivity contribution in [2.45, 2.75) is 77.9 Å². The third-order valence-electron chi connectivity index (χ3n) is 6.75. The summed E-state index contributed by atoms with van der Waals surface area (Å²) >= 11 is 1.10. The number of fused-ring (bicyclic) bond motifs is 1. The Hall–Kier alpha value is -3.15. The number of carbonyl (C=O) groups excluding carboxylic acids is 1. The number of thiophene rings is 1. The minimum atomic E-state index is -2.40. The highest BCUT2D eigenvalue weighted by Gasteiger charge is 2.41. The van der Waals surface area contributed by atoms with E-state index in [2.05, 4.69) is 38.8 Å². The van der Waals surface area contributed by atoms with Crippen LogP contribution < -0.4 is 5.56 Å². The van der Waals surface area contributed by atoms with Gasteiger partial charge in [0.2, 0.25) is 5.56 Å². The van der Waals surface area contributed by atoms with E-state index >= 15 is 0 Å². The molecule has 1 aromatic carbocycles. The van der Waals surface area contributed by atoms with E-state index in [1.165, 1.54) is 23.1 Å². The van der Waals surface area contributed by atoms with E-state index in [9.17, 15) is 24.6 Å². The number of amides is 1. The summed E-state index contributed by atoms with van der Waals surface area (Å²) in [5.41, 5.74) is -0.108. The largest absolute Gasteiger partial charge is 0.506 e. The molecule has 3 N–H and O–H groups in total. The number of carbonyl (C=O) groups is 2. The van der Waals surface area contributed by atoms with Crippen LogP contribution in [-0.2, 0) is 15.7 Å². The standard InChI is InChI=1S/C28H38N2O7SSi/c1-27(2,3)36-26(35)30(15-17-9-13-22(38-17)25(33)34)16-21(37-39(7,8)28(4,5)6)18-10-12-20(31)24-19(18)11-14-23(32)29-24/h9-14,21,31H,15-16H2,1-8H3,(H,29,32)(H,33,34)/t21-/m0/s1. The number of phenolic OH excluding ortho intramolecular Hbond substituents is 1. The highest BCUT2D eigenvalue weighted by molar-refractivity contribution is 7.13. The lowest BCUT2D eigenvalue weighted by Gasteiger charge is -2.41. The molecule has 3 rings (SSSR count). The number of aromatic hydroxyl groups is 1. The number of nitrogens with zero attached hydrogens (tertiary/aromatic N) is 1. The summed E-state index contributed by atoms with van der Waals surface area (Å²) < 4.78 is 12.6. The zero-order valence-corrected chi connectivity index (χ0v) is 25.6. The first-order valence-electron chi connectivity index (χ1n) is 12.7. The monoisotopic (exact) mass is 574 g/mol. The number of benzene rings is 1. The van der Waals surface area contributed by atoms with Gasteiger partial charge < -0.3 is 29.3 Å². The molecule has 0 saturated heterocycles. The van der Waals surface area contributed by atoms with E-state index in [-0.39, 0.29) is 39.8 Å².